The van der Waals surface area contributed by atoms with Gasteiger partial charge in [-0.05, 0) is 38.1 Å². The maximum Gasteiger partial charge on any atom is 0.155 e. The van der Waals surface area contributed by atoms with Crippen molar-refractivity contribution in [3.63, 3.8) is 0 Å². The van der Waals surface area contributed by atoms with Crippen LogP contribution >= 0.6 is 0 Å². The Labute approximate surface area is 112 Å². The molecule has 0 aromatic carbocycles. The van der Waals surface area contributed by atoms with Crippen LogP contribution in [0.1, 0.15) is 35.4 Å². The number of aromatic nitrogens is 3. The predicted molar refractivity (Wildman–Crippen MR) is 72.4 cm³/mol. The standard InChI is InChI=1S/C14H18N4O/c19-11-12-4-5-14-15-13(16-18(14)10-12)6-9-17-7-2-1-3-8-17/h4-5,10-11H,1-3,6-9H2. The van der Waals surface area contributed by atoms with Crippen LogP contribution in [-0.4, -0.2) is 45.4 Å². The van der Waals surface area contributed by atoms with Gasteiger partial charge in [0.05, 0.1) is 0 Å². The first kappa shape index (κ1) is 12.3. The summed E-state index contributed by atoms with van der Waals surface area (Å²) in [5.41, 5.74) is 1.43. The van der Waals surface area contributed by atoms with Gasteiger partial charge in [0, 0.05) is 24.7 Å². The highest BCUT2D eigenvalue weighted by Crippen LogP contribution is 2.10. The highest BCUT2D eigenvalue weighted by molar-refractivity contribution is 5.74. The van der Waals surface area contributed by atoms with Gasteiger partial charge in [-0.2, -0.15) is 5.10 Å². The summed E-state index contributed by atoms with van der Waals surface area (Å²) in [6.45, 7) is 3.42. The van der Waals surface area contributed by atoms with Gasteiger partial charge in [-0.3, -0.25) is 4.79 Å². The van der Waals surface area contributed by atoms with E-state index >= 15 is 0 Å². The molecule has 0 unspecified atom stereocenters. The Morgan fingerprint density at radius 3 is 2.84 bits per heavy atom. The zero-order chi connectivity index (χ0) is 13.1. The van der Waals surface area contributed by atoms with Crippen LogP contribution in [0.4, 0.5) is 0 Å². The number of hydrogen-bond donors (Lipinski definition) is 0. The topological polar surface area (TPSA) is 50.5 Å². The fourth-order valence-electron chi connectivity index (χ4n) is 2.56. The molecule has 0 saturated carbocycles. The van der Waals surface area contributed by atoms with Crippen molar-refractivity contribution in [2.24, 2.45) is 0 Å². The van der Waals surface area contributed by atoms with Gasteiger partial charge in [-0.1, -0.05) is 6.42 Å². The van der Waals surface area contributed by atoms with Crippen LogP contribution < -0.4 is 0 Å². The van der Waals surface area contributed by atoms with E-state index in [4.69, 9.17) is 0 Å². The lowest BCUT2D eigenvalue weighted by Gasteiger charge is -2.25. The molecular weight excluding hydrogens is 240 g/mol. The number of pyridine rings is 1. The fraction of sp³-hybridized carbons (Fsp3) is 0.500. The molecule has 5 heteroatoms. The normalized spacial score (nSPS) is 16.8. The van der Waals surface area contributed by atoms with Crippen molar-refractivity contribution in [1.29, 1.82) is 0 Å². The van der Waals surface area contributed by atoms with Crippen molar-refractivity contribution >= 4 is 11.9 Å². The van der Waals surface area contributed by atoms with Crippen molar-refractivity contribution in [2.45, 2.75) is 25.7 Å². The maximum absolute atomic E-state index is 10.7. The molecule has 100 valence electrons. The zero-order valence-electron chi connectivity index (χ0n) is 11.0. The summed E-state index contributed by atoms with van der Waals surface area (Å²) in [5.74, 6) is 0.855. The number of nitrogens with zero attached hydrogens (tertiary/aromatic N) is 4. The van der Waals surface area contributed by atoms with Crippen molar-refractivity contribution in [3.8, 4) is 0 Å². The lowest BCUT2D eigenvalue weighted by molar-refractivity contribution is 0.112. The van der Waals surface area contributed by atoms with E-state index in [0.29, 0.717) is 5.56 Å². The average molecular weight is 258 g/mol. The van der Waals surface area contributed by atoms with Crippen LogP contribution in [0.25, 0.3) is 5.65 Å². The van der Waals surface area contributed by atoms with Crippen LogP contribution in [0.2, 0.25) is 0 Å². The van der Waals surface area contributed by atoms with Crippen molar-refractivity contribution < 1.29 is 4.79 Å². The Hall–Kier alpha value is -1.75. The van der Waals surface area contributed by atoms with E-state index < -0.39 is 0 Å². The lowest BCUT2D eigenvalue weighted by atomic mass is 10.1. The van der Waals surface area contributed by atoms with Crippen LogP contribution in [-0.2, 0) is 6.42 Å². The number of hydrogen-bond acceptors (Lipinski definition) is 4. The van der Waals surface area contributed by atoms with E-state index in [-0.39, 0.29) is 0 Å². The quantitative estimate of drug-likeness (QED) is 0.781. The van der Waals surface area contributed by atoms with Gasteiger partial charge < -0.3 is 4.90 Å². The Morgan fingerprint density at radius 2 is 2.05 bits per heavy atom. The summed E-state index contributed by atoms with van der Waals surface area (Å²) in [4.78, 5) is 17.7. The highest BCUT2D eigenvalue weighted by atomic mass is 16.1. The molecular formula is C14H18N4O. The third-order valence-corrected chi connectivity index (χ3v) is 3.63. The molecule has 0 spiro atoms. The molecule has 5 nitrogen and oxygen atoms in total. The van der Waals surface area contributed by atoms with Crippen molar-refractivity contribution in [1.82, 2.24) is 19.5 Å². The van der Waals surface area contributed by atoms with Gasteiger partial charge in [0.1, 0.15) is 0 Å². The average Bonchev–Trinajstić information content (AvgIpc) is 2.88. The van der Waals surface area contributed by atoms with Crippen LogP contribution in [0, 0.1) is 0 Å². The molecule has 0 aliphatic carbocycles. The van der Waals surface area contributed by atoms with Gasteiger partial charge in [-0.25, -0.2) is 9.50 Å². The van der Waals surface area contributed by atoms with Crippen LogP contribution in [0.15, 0.2) is 18.3 Å². The fourth-order valence-corrected chi connectivity index (χ4v) is 2.56. The summed E-state index contributed by atoms with van der Waals surface area (Å²) in [5, 5.41) is 4.43. The van der Waals surface area contributed by atoms with E-state index in [1.54, 1.807) is 16.8 Å². The Bertz CT molecular complexity index is 572. The largest absolute Gasteiger partial charge is 0.303 e. The molecule has 3 heterocycles. The Balaban J connectivity index is 1.68. The van der Waals surface area contributed by atoms with Gasteiger partial charge in [0.2, 0.25) is 0 Å². The van der Waals surface area contributed by atoms with E-state index in [1.165, 1.54) is 32.4 Å². The first-order valence-corrected chi connectivity index (χ1v) is 6.88. The SMILES string of the molecule is O=Cc1ccc2nc(CCN3CCCCC3)nn2c1. The highest BCUT2D eigenvalue weighted by Gasteiger charge is 2.11. The summed E-state index contributed by atoms with van der Waals surface area (Å²) < 4.78 is 1.69. The molecule has 1 fully saturated rings. The third kappa shape index (κ3) is 2.81. The van der Waals surface area contributed by atoms with Gasteiger partial charge in [-0.15, -0.1) is 0 Å². The summed E-state index contributed by atoms with van der Waals surface area (Å²) in [7, 11) is 0. The van der Waals surface area contributed by atoms with Crippen molar-refractivity contribution in [2.75, 3.05) is 19.6 Å². The van der Waals surface area contributed by atoms with E-state index in [1.807, 2.05) is 6.07 Å². The van der Waals surface area contributed by atoms with Gasteiger partial charge in [0.25, 0.3) is 0 Å². The molecule has 0 bridgehead atoms. The predicted octanol–water partition coefficient (Wildman–Crippen LogP) is 1.57. The molecule has 3 rings (SSSR count). The monoisotopic (exact) mass is 258 g/mol. The summed E-state index contributed by atoms with van der Waals surface area (Å²) in [6.07, 6.45) is 7.40. The molecule has 1 saturated heterocycles. The van der Waals surface area contributed by atoms with E-state index in [0.717, 1.165) is 30.7 Å². The molecule has 0 atom stereocenters. The number of fused-ring (bicyclic) bond motifs is 1. The van der Waals surface area contributed by atoms with Gasteiger partial charge >= 0.3 is 0 Å². The van der Waals surface area contributed by atoms with Crippen LogP contribution in [0.5, 0.6) is 0 Å². The second kappa shape index (κ2) is 5.48. The van der Waals surface area contributed by atoms with Crippen LogP contribution in [0.3, 0.4) is 0 Å². The minimum atomic E-state index is 0.625. The Morgan fingerprint density at radius 1 is 1.21 bits per heavy atom. The summed E-state index contributed by atoms with van der Waals surface area (Å²) >= 11 is 0. The summed E-state index contributed by atoms with van der Waals surface area (Å²) in [6, 6.07) is 3.60. The van der Waals surface area contributed by atoms with Crippen molar-refractivity contribution in [3.05, 3.63) is 29.7 Å². The minimum Gasteiger partial charge on any atom is -0.303 e. The molecule has 1 aliphatic rings. The first-order chi connectivity index (χ1) is 9.35. The van der Waals surface area contributed by atoms with E-state index in [2.05, 4.69) is 15.0 Å². The number of rotatable bonds is 4. The molecule has 0 amide bonds. The maximum atomic E-state index is 10.7. The first-order valence-electron chi connectivity index (χ1n) is 6.88. The Kier molecular flexibility index (Phi) is 3.55. The minimum absolute atomic E-state index is 0.625. The van der Waals surface area contributed by atoms with Gasteiger partial charge in [0.15, 0.2) is 17.8 Å². The second-order valence-electron chi connectivity index (χ2n) is 5.06. The molecule has 1 aliphatic heterocycles. The third-order valence-electron chi connectivity index (χ3n) is 3.63. The number of likely N-dealkylation sites (tertiary alicyclic amines) is 1. The molecule has 0 N–H and O–H groups in total. The smallest absolute Gasteiger partial charge is 0.155 e. The number of aldehydes is 1. The molecule has 0 radical (unpaired) electrons. The lowest BCUT2D eigenvalue weighted by Crippen LogP contribution is -2.31. The second-order valence-corrected chi connectivity index (χ2v) is 5.06. The zero-order valence-corrected chi connectivity index (χ0v) is 11.0. The number of carbonyl (C=O) groups is 1. The molecule has 19 heavy (non-hydrogen) atoms. The van der Waals surface area contributed by atoms with E-state index in [9.17, 15) is 4.79 Å². The number of piperidine rings is 1. The number of carbonyl (C=O) groups excluding carboxylic acids is 1. The molecule has 2 aromatic rings. The molecule has 2 aromatic heterocycles.